The summed E-state index contributed by atoms with van der Waals surface area (Å²) in [6.45, 7) is 5.84. The third kappa shape index (κ3) is 9.36. The Morgan fingerprint density at radius 1 is 1.20 bits per heavy atom. The van der Waals surface area contributed by atoms with Crippen molar-refractivity contribution in [2.24, 2.45) is 4.99 Å². The molecule has 0 radical (unpaired) electrons. The quantitative estimate of drug-likeness (QED) is 0.243. The molecule has 0 aliphatic carbocycles. The molecule has 6 nitrogen and oxygen atoms in total. The molecule has 0 bridgehead atoms. The Hall–Kier alpha value is -0.940. The molecule has 1 rings (SSSR count). The van der Waals surface area contributed by atoms with Crippen LogP contribution in [0.4, 0.5) is 4.39 Å². The molecule has 0 saturated carbocycles. The van der Waals surface area contributed by atoms with Gasteiger partial charge in [0.1, 0.15) is 5.82 Å². The molecule has 0 aliphatic rings. The van der Waals surface area contributed by atoms with Crippen molar-refractivity contribution in [3.63, 3.8) is 0 Å². The van der Waals surface area contributed by atoms with E-state index >= 15 is 0 Å². The molecule has 0 unspecified atom stereocenters. The van der Waals surface area contributed by atoms with Crippen molar-refractivity contribution in [1.29, 1.82) is 0 Å². The number of aliphatic imine (C=N–C) groups is 1. The minimum atomic E-state index is -3.13. The molecule has 1 aromatic carbocycles. The van der Waals surface area contributed by atoms with Crippen molar-refractivity contribution in [2.75, 3.05) is 32.4 Å². The third-order valence-electron chi connectivity index (χ3n) is 3.46. The molecule has 2 N–H and O–H groups in total. The van der Waals surface area contributed by atoms with Crippen molar-refractivity contribution in [3.05, 3.63) is 35.6 Å². The zero-order chi connectivity index (χ0) is 18.0. The summed E-state index contributed by atoms with van der Waals surface area (Å²) in [5, 5.41) is 6.30. The number of halogens is 2. The molecule has 0 fully saturated rings. The summed E-state index contributed by atoms with van der Waals surface area (Å²) in [5.41, 5.74) is 0.919. The van der Waals surface area contributed by atoms with E-state index in [-0.39, 0.29) is 35.5 Å². The average Bonchev–Trinajstić information content (AvgIpc) is 2.57. The number of guanidine groups is 1. The van der Waals surface area contributed by atoms with E-state index in [2.05, 4.69) is 15.6 Å². The van der Waals surface area contributed by atoms with Crippen LogP contribution in [0.5, 0.6) is 0 Å². The number of sulfonamides is 1. The first-order valence-corrected chi connectivity index (χ1v) is 9.70. The van der Waals surface area contributed by atoms with Crippen LogP contribution in [0, 0.1) is 5.82 Å². The second-order valence-electron chi connectivity index (χ2n) is 5.32. The molecule has 9 heteroatoms. The highest BCUT2D eigenvalue weighted by Crippen LogP contribution is 2.04. The van der Waals surface area contributed by atoms with Crippen molar-refractivity contribution >= 4 is 40.0 Å². The summed E-state index contributed by atoms with van der Waals surface area (Å²) < 4.78 is 37.6. The maximum Gasteiger partial charge on any atom is 0.213 e. The monoisotopic (exact) mass is 486 g/mol. The number of hydrogen-bond acceptors (Lipinski definition) is 3. The molecule has 1 aromatic rings. The largest absolute Gasteiger partial charge is 0.357 e. The predicted octanol–water partition coefficient (Wildman–Crippen LogP) is 2.17. The highest BCUT2D eigenvalue weighted by Gasteiger charge is 2.13. The first-order chi connectivity index (χ1) is 11.4. The van der Waals surface area contributed by atoms with Gasteiger partial charge in [0.2, 0.25) is 10.0 Å². The zero-order valence-corrected chi connectivity index (χ0v) is 18.1. The molecule has 0 saturated heterocycles. The van der Waals surface area contributed by atoms with Crippen LogP contribution in [-0.4, -0.2) is 51.1 Å². The molecule has 0 aromatic heterocycles. The van der Waals surface area contributed by atoms with Gasteiger partial charge in [0.05, 0.1) is 12.3 Å². The van der Waals surface area contributed by atoms with Gasteiger partial charge < -0.3 is 10.6 Å². The number of benzene rings is 1. The summed E-state index contributed by atoms with van der Waals surface area (Å²) in [6.07, 6.45) is 0.677. The third-order valence-corrected chi connectivity index (χ3v) is 5.32. The Bertz CT molecular complexity index is 624. The van der Waals surface area contributed by atoms with Gasteiger partial charge in [-0.15, -0.1) is 24.0 Å². The Labute approximate surface area is 167 Å². The fourth-order valence-corrected chi connectivity index (χ4v) is 2.82. The maximum absolute atomic E-state index is 12.9. The smallest absolute Gasteiger partial charge is 0.213 e. The first-order valence-electron chi connectivity index (χ1n) is 8.09. The lowest BCUT2D eigenvalue weighted by molar-refractivity contribution is 0.461. The van der Waals surface area contributed by atoms with Gasteiger partial charge >= 0.3 is 0 Å². The summed E-state index contributed by atoms with van der Waals surface area (Å²) in [4.78, 5) is 4.44. The van der Waals surface area contributed by atoms with Gasteiger partial charge in [0.15, 0.2) is 5.96 Å². The molecule has 25 heavy (non-hydrogen) atoms. The molecule has 0 heterocycles. The van der Waals surface area contributed by atoms with Gasteiger partial charge in [0, 0.05) is 26.7 Å². The minimum absolute atomic E-state index is 0. The van der Waals surface area contributed by atoms with E-state index in [0.717, 1.165) is 12.1 Å². The number of rotatable bonds is 9. The van der Waals surface area contributed by atoms with Gasteiger partial charge in [-0.2, -0.15) is 0 Å². The Kier molecular flexibility index (Phi) is 12.0. The zero-order valence-electron chi connectivity index (χ0n) is 15.0. The van der Waals surface area contributed by atoms with Crippen LogP contribution in [0.25, 0.3) is 0 Å². The summed E-state index contributed by atoms with van der Waals surface area (Å²) in [5.74, 6) is 0.500. The van der Waals surface area contributed by atoms with E-state index in [0.29, 0.717) is 32.0 Å². The maximum atomic E-state index is 12.9. The Morgan fingerprint density at radius 2 is 1.84 bits per heavy atom. The van der Waals surface area contributed by atoms with Gasteiger partial charge in [-0.25, -0.2) is 22.1 Å². The highest BCUT2D eigenvalue weighted by molar-refractivity contribution is 14.0. The minimum Gasteiger partial charge on any atom is -0.357 e. The second-order valence-corrected chi connectivity index (χ2v) is 7.69. The molecular formula is C16H28FIN4O2S. The fraction of sp³-hybridized carbons (Fsp3) is 0.562. The van der Waals surface area contributed by atoms with Gasteiger partial charge in [-0.1, -0.05) is 12.1 Å². The number of nitrogens with zero attached hydrogens (tertiary/aromatic N) is 2. The predicted molar refractivity (Wildman–Crippen MR) is 111 cm³/mol. The van der Waals surface area contributed by atoms with Crippen molar-refractivity contribution in [3.8, 4) is 0 Å². The standard InChI is InChI=1S/C16H27FN4O2S.HI/c1-4-18-16(20-13-14-7-9-15(17)10-8-14)19-11-6-12-21(3)24(22,23)5-2;/h7-10H,4-6,11-13H2,1-3H3,(H2,18,19,20);1H. The van der Waals surface area contributed by atoms with E-state index in [9.17, 15) is 12.8 Å². The molecule has 0 aliphatic heterocycles. The Balaban J connectivity index is 0.00000576. The molecule has 0 atom stereocenters. The van der Waals surface area contributed by atoms with E-state index in [1.165, 1.54) is 16.4 Å². The lowest BCUT2D eigenvalue weighted by atomic mass is 10.2. The van der Waals surface area contributed by atoms with Gasteiger partial charge in [-0.05, 0) is 38.0 Å². The normalized spacial score (nSPS) is 12.0. The topological polar surface area (TPSA) is 73.8 Å². The van der Waals surface area contributed by atoms with E-state index in [1.807, 2.05) is 6.92 Å². The van der Waals surface area contributed by atoms with Crippen LogP contribution in [-0.2, 0) is 16.6 Å². The second kappa shape index (κ2) is 12.4. The summed E-state index contributed by atoms with van der Waals surface area (Å²) in [6, 6.07) is 6.23. The lowest BCUT2D eigenvalue weighted by Gasteiger charge is -2.16. The van der Waals surface area contributed by atoms with Crippen LogP contribution in [0.15, 0.2) is 29.3 Å². The number of hydrogen-bond donors (Lipinski definition) is 2. The molecule has 0 amide bonds. The molecule has 0 spiro atoms. The lowest BCUT2D eigenvalue weighted by Crippen LogP contribution is -2.39. The molecule has 144 valence electrons. The summed E-state index contributed by atoms with van der Waals surface area (Å²) in [7, 11) is -1.54. The van der Waals surface area contributed by atoms with Crippen LogP contribution < -0.4 is 10.6 Å². The first kappa shape index (κ1) is 24.1. The molecular weight excluding hydrogens is 458 g/mol. The van der Waals surface area contributed by atoms with Crippen LogP contribution in [0.2, 0.25) is 0 Å². The highest BCUT2D eigenvalue weighted by atomic mass is 127. The number of nitrogens with one attached hydrogen (secondary N) is 2. The van der Waals surface area contributed by atoms with Crippen LogP contribution in [0.3, 0.4) is 0 Å². The van der Waals surface area contributed by atoms with Crippen molar-refractivity contribution in [1.82, 2.24) is 14.9 Å². The van der Waals surface area contributed by atoms with Crippen LogP contribution >= 0.6 is 24.0 Å². The van der Waals surface area contributed by atoms with E-state index in [1.54, 1.807) is 26.1 Å². The van der Waals surface area contributed by atoms with Crippen molar-refractivity contribution in [2.45, 2.75) is 26.8 Å². The Morgan fingerprint density at radius 3 is 2.40 bits per heavy atom. The van der Waals surface area contributed by atoms with E-state index in [4.69, 9.17) is 0 Å². The van der Waals surface area contributed by atoms with Crippen molar-refractivity contribution < 1.29 is 12.8 Å². The average molecular weight is 486 g/mol. The van der Waals surface area contributed by atoms with Crippen LogP contribution in [0.1, 0.15) is 25.8 Å². The van der Waals surface area contributed by atoms with Gasteiger partial charge in [-0.3, -0.25) is 0 Å². The van der Waals surface area contributed by atoms with Gasteiger partial charge in [0.25, 0.3) is 0 Å². The summed E-state index contributed by atoms with van der Waals surface area (Å²) >= 11 is 0. The SMILES string of the molecule is CCNC(=NCc1ccc(F)cc1)NCCCN(C)S(=O)(=O)CC.I. The fourth-order valence-electron chi connectivity index (χ4n) is 1.97. The van der Waals surface area contributed by atoms with E-state index < -0.39 is 10.0 Å².